The van der Waals surface area contributed by atoms with Gasteiger partial charge in [-0.15, -0.1) is 0 Å². The highest BCUT2D eigenvalue weighted by Gasteiger charge is 2.10. The average molecular weight is 295 g/mol. The normalized spacial score (nSPS) is 10.0. The van der Waals surface area contributed by atoms with Crippen molar-refractivity contribution in [2.24, 2.45) is 0 Å². The van der Waals surface area contributed by atoms with Gasteiger partial charge in [0.2, 0.25) is 0 Å². The smallest absolute Gasteiger partial charge is 0.252 e. The van der Waals surface area contributed by atoms with Crippen LogP contribution in [0, 0.1) is 17.4 Å². The van der Waals surface area contributed by atoms with Gasteiger partial charge in [0.05, 0.1) is 0 Å². The molecule has 0 atom stereocenters. The highest BCUT2D eigenvalue weighted by atomic mass is 127. The minimum atomic E-state index is -0.372. The third-order valence-corrected chi connectivity index (χ3v) is 3.16. The van der Waals surface area contributed by atoms with Gasteiger partial charge in [-0.2, -0.15) is 0 Å². The van der Waals surface area contributed by atoms with Crippen molar-refractivity contribution in [3.05, 3.63) is 32.4 Å². The summed E-state index contributed by atoms with van der Waals surface area (Å²) >= 11 is 7.63. The summed E-state index contributed by atoms with van der Waals surface area (Å²) in [6.07, 6.45) is 0. The molecule has 0 aromatic heterocycles. The summed E-state index contributed by atoms with van der Waals surface area (Å²) in [5.41, 5.74) is 2.55. The van der Waals surface area contributed by atoms with Crippen LogP contribution in [0.25, 0.3) is 0 Å². The van der Waals surface area contributed by atoms with Crippen molar-refractivity contribution in [3.8, 4) is 0 Å². The second-order valence-electron chi connectivity index (χ2n) is 2.64. The molecule has 0 unspecified atom stereocenters. The number of carbonyl (C=O) groups excluding carboxylic acids is 1. The van der Waals surface area contributed by atoms with Gasteiger partial charge in [0.25, 0.3) is 5.24 Å². The molecule has 1 aromatic carbocycles. The van der Waals surface area contributed by atoms with Crippen LogP contribution in [0.5, 0.6) is 0 Å². The van der Waals surface area contributed by atoms with Gasteiger partial charge in [-0.1, -0.05) is 6.07 Å². The number of benzene rings is 1. The highest BCUT2D eigenvalue weighted by molar-refractivity contribution is 14.1. The number of carbonyl (C=O) groups is 1. The first kappa shape index (κ1) is 9.99. The number of halogens is 2. The van der Waals surface area contributed by atoms with Crippen LogP contribution >= 0.6 is 34.2 Å². The Morgan fingerprint density at radius 2 is 2.00 bits per heavy atom. The van der Waals surface area contributed by atoms with Gasteiger partial charge < -0.3 is 0 Å². The van der Waals surface area contributed by atoms with Gasteiger partial charge >= 0.3 is 0 Å². The van der Waals surface area contributed by atoms with Gasteiger partial charge in [0.15, 0.2) is 0 Å². The topological polar surface area (TPSA) is 17.1 Å². The van der Waals surface area contributed by atoms with Gasteiger partial charge in [-0.25, -0.2) is 0 Å². The van der Waals surface area contributed by atoms with E-state index in [1.54, 1.807) is 0 Å². The first-order valence-corrected chi connectivity index (χ1v) is 4.95. The zero-order valence-corrected chi connectivity index (χ0v) is 9.73. The Morgan fingerprint density at radius 3 is 2.42 bits per heavy atom. The van der Waals surface area contributed by atoms with Crippen LogP contribution in [-0.4, -0.2) is 5.24 Å². The highest BCUT2D eigenvalue weighted by Crippen LogP contribution is 2.21. The zero-order chi connectivity index (χ0) is 9.30. The van der Waals surface area contributed by atoms with Crippen LogP contribution in [-0.2, 0) is 0 Å². The molecule has 0 aliphatic heterocycles. The molecule has 12 heavy (non-hydrogen) atoms. The van der Waals surface area contributed by atoms with Crippen LogP contribution in [0.15, 0.2) is 12.1 Å². The van der Waals surface area contributed by atoms with Gasteiger partial charge in [-0.05, 0) is 65.2 Å². The minimum Gasteiger partial charge on any atom is -0.276 e. The Bertz CT molecular complexity index is 334. The minimum absolute atomic E-state index is 0.372. The van der Waals surface area contributed by atoms with Gasteiger partial charge in [0, 0.05) is 9.13 Å². The predicted molar refractivity (Wildman–Crippen MR) is 58.8 cm³/mol. The van der Waals surface area contributed by atoms with Crippen molar-refractivity contribution in [2.75, 3.05) is 0 Å². The van der Waals surface area contributed by atoms with Crippen LogP contribution in [0.2, 0.25) is 0 Å². The molecule has 0 spiro atoms. The summed E-state index contributed by atoms with van der Waals surface area (Å²) in [7, 11) is 0. The molecule has 0 amide bonds. The Balaban J connectivity index is 3.43. The summed E-state index contributed by atoms with van der Waals surface area (Å²) in [5, 5.41) is -0.372. The molecule has 0 N–H and O–H groups in total. The molecule has 1 nitrogen and oxygen atoms in total. The van der Waals surface area contributed by atoms with Crippen LogP contribution in [0.4, 0.5) is 0 Å². The number of hydrogen-bond acceptors (Lipinski definition) is 1. The van der Waals surface area contributed by atoms with Crippen molar-refractivity contribution in [3.63, 3.8) is 0 Å². The van der Waals surface area contributed by atoms with Crippen LogP contribution in [0.3, 0.4) is 0 Å². The van der Waals surface area contributed by atoms with E-state index < -0.39 is 0 Å². The van der Waals surface area contributed by atoms with E-state index in [0.717, 1.165) is 14.7 Å². The third-order valence-electron chi connectivity index (χ3n) is 1.80. The molecule has 0 bridgehead atoms. The molecule has 0 fully saturated rings. The molecule has 0 saturated heterocycles. The van der Waals surface area contributed by atoms with E-state index in [1.165, 1.54) is 0 Å². The van der Waals surface area contributed by atoms with E-state index in [2.05, 4.69) is 22.6 Å². The molecule has 64 valence electrons. The lowest BCUT2D eigenvalue weighted by atomic mass is 10.0. The van der Waals surface area contributed by atoms with E-state index in [9.17, 15) is 4.79 Å². The summed E-state index contributed by atoms with van der Waals surface area (Å²) < 4.78 is 1.07. The van der Waals surface area contributed by atoms with Gasteiger partial charge in [-0.3, -0.25) is 4.79 Å². The molecule has 0 heterocycles. The Hall–Kier alpha value is -0.0900. The number of hydrogen-bond donors (Lipinski definition) is 0. The van der Waals surface area contributed by atoms with E-state index in [-0.39, 0.29) is 5.24 Å². The molecule has 3 heteroatoms. The zero-order valence-electron chi connectivity index (χ0n) is 6.82. The number of rotatable bonds is 1. The Morgan fingerprint density at radius 1 is 1.42 bits per heavy atom. The van der Waals surface area contributed by atoms with E-state index >= 15 is 0 Å². The fraction of sp³-hybridized carbons (Fsp3) is 0.222. The van der Waals surface area contributed by atoms with Crippen molar-refractivity contribution < 1.29 is 4.79 Å². The third kappa shape index (κ3) is 1.80. The standard InChI is InChI=1S/C9H8ClIO/c1-5-3-4-7(11)6(2)8(5)9(10)12/h3-4H,1-2H3. The largest absolute Gasteiger partial charge is 0.276 e. The lowest BCUT2D eigenvalue weighted by molar-refractivity contribution is 0.108. The fourth-order valence-corrected chi connectivity index (χ4v) is 1.86. The van der Waals surface area contributed by atoms with Crippen LogP contribution < -0.4 is 0 Å². The maximum atomic E-state index is 11.0. The lowest BCUT2D eigenvalue weighted by Gasteiger charge is -2.06. The van der Waals surface area contributed by atoms with E-state index in [1.807, 2.05) is 26.0 Å². The van der Waals surface area contributed by atoms with Crippen molar-refractivity contribution >= 4 is 39.4 Å². The summed E-state index contributed by atoms with van der Waals surface area (Å²) in [6.45, 7) is 3.79. The van der Waals surface area contributed by atoms with Gasteiger partial charge in [0.1, 0.15) is 0 Å². The second kappa shape index (κ2) is 3.75. The molecule has 1 rings (SSSR count). The van der Waals surface area contributed by atoms with E-state index in [0.29, 0.717) is 5.56 Å². The SMILES string of the molecule is Cc1ccc(I)c(C)c1C(=O)Cl. The molecule has 1 aromatic rings. The van der Waals surface area contributed by atoms with E-state index in [4.69, 9.17) is 11.6 Å². The maximum Gasteiger partial charge on any atom is 0.252 e. The monoisotopic (exact) mass is 294 g/mol. The molecular formula is C9H8ClIO. The molecule has 0 aliphatic rings. The molecule has 0 saturated carbocycles. The fourth-order valence-electron chi connectivity index (χ4n) is 1.12. The van der Waals surface area contributed by atoms with Crippen molar-refractivity contribution in [2.45, 2.75) is 13.8 Å². The summed E-state index contributed by atoms with van der Waals surface area (Å²) in [4.78, 5) is 11.0. The Labute approximate surface area is 90.3 Å². The lowest BCUT2D eigenvalue weighted by Crippen LogP contribution is -1.99. The van der Waals surface area contributed by atoms with Crippen molar-refractivity contribution in [1.29, 1.82) is 0 Å². The average Bonchev–Trinajstić information content (AvgIpc) is 1.97. The first-order chi connectivity index (χ1) is 5.54. The molecule has 0 aliphatic carbocycles. The summed E-state index contributed by atoms with van der Waals surface area (Å²) in [5.74, 6) is 0. The molecular weight excluding hydrogens is 286 g/mol. The predicted octanol–water partition coefficient (Wildman–Crippen LogP) is 3.29. The van der Waals surface area contributed by atoms with Crippen LogP contribution in [0.1, 0.15) is 21.5 Å². The first-order valence-electron chi connectivity index (χ1n) is 3.49. The summed E-state index contributed by atoms with van der Waals surface area (Å²) in [6, 6.07) is 3.89. The second-order valence-corrected chi connectivity index (χ2v) is 4.14. The van der Waals surface area contributed by atoms with Crippen molar-refractivity contribution in [1.82, 2.24) is 0 Å². The number of aryl methyl sites for hydroxylation is 1. The molecule has 0 radical (unpaired) electrons. The maximum absolute atomic E-state index is 11.0. The Kier molecular flexibility index (Phi) is 3.12. The quantitative estimate of drug-likeness (QED) is 0.574.